The Labute approximate surface area is 149 Å². The van der Waals surface area contributed by atoms with Crippen molar-refractivity contribution in [2.75, 3.05) is 5.75 Å². The molecule has 24 heavy (non-hydrogen) atoms. The Morgan fingerprint density at radius 1 is 1.33 bits per heavy atom. The quantitative estimate of drug-likeness (QED) is 0.790. The van der Waals surface area contributed by atoms with Crippen LogP contribution in [0.5, 0.6) is 0 Å². The van der Waals surface area contributed by atoms with Crippen molar-refractivity contribution in [2.24, 2.45) is 22.5 Å². The number of benzene rings is 1. The van der Waals surface area contributed by atoms with Gasteiger partial charge >= 0.3 is 5.97 Å². The molecule has 0 aromatic heterocycles. The van der Waals surface area contributed by atoms with E-state index in [0.717, 1.165) is 11.5 Å². The Morgan fingerprint density at radius 3 is 2.62 bits per heavy atom. The van der Waals surface area contributed by atoms with Crippen LogP contribution in [0.4, 0.5) is 0 Å². The second-order valence-corrected chi connectivity index (χ2v) is 9.37. The lowest BCUT2D eigenvalue weighted by molar-refractivity contribution is -0.145. The molecule has 0 heterocycles. The fraction of sp³-hybridized carbons (Fsp3) is 0.650. The monoisotopic (exact) mass is 347 g/mol. The second-order valence-electron chi connectivity index (χ2n) is 8.13. The molecule has 1 aromatic carbocycles. The maximum absolute atomic E-state index is 12.1. The highest BCUT2D eigenvalue weighted by molar-refractivity contribution is 8.00. The van der Waals surface area contributed by atoms with Crippen LogP contribution in [0.3, 0.4) is 0 Å². The molecular formula is C20H29NO2S. The fourth-order valence-corrected chi connectivity index (χ4v) is 6.24. The topological polar surface area (TPSA) is 52.3 Å². The lowest BCUT2D eigenvalue weighted by Gasteiger charge is -2.39. The van der Waals surface area contributed by atoms with E-state index in [2.05, 4.69) is 20.8 Å². The summed E-state index contributed by atoms with van der Waals surface area (Å²) in [5.41, 5.74) is 7.84. The molecule has 0 saturated heterocycles. The lowest BCUT2D eigenvalue weighted by atomic mass is 9.71. The van der Waals surface area contributed by atoms with Crippen LogP contribution in [0.25, 0.3) is 0 Å². The van der Waals surface area contributed by atoms with E-state index < -0.39 is 6.04 Å². The van der Waals surface area contributed by atoms with E-state index in [9.17, 15) is 4.79 Å². The summed E-state index contributed by atoms with van der Waals surface area (Å²) in [4.78, 5) is 12.1. The van der Waals surface area contributed by atoms with Crippen molar-refractivity contribution in [3.63, 3.8) is 0 Å². The summed E-state index contributed by atoms with van der Waals surface area (Å²) in [6.45, 7) is 7.56. The van der Waals surface area contributed by atoms with Crippen LogP contribution in [0.15, 0.2) is 30.3 Å². The number of thioether (sulfide) groups is 1. The maximum atomic E-state index is 12.1. The molecule has 3 unspecified atom stereocenters. The number of nitrogens with two attached hydrogens (primary N) is 1. The lowest BCUT2D eigenvalue weighted by Crippen LogP contribution is -2.38. The van der Waals surface area contributed by atoms with Crippen molar-refractivity contribution in [1.82, 2.24) is 0 Å². The molecule has 2 saturated carbocycles. The van der Waals surface area contributed by atoms with Crippen LogP contribution in [-0.2, 0) is 16.1 Å². The summed E-state index contributed by atoms with van der Waals surface area (Å²) in [6.07, 6.45) is 3.92. The number of hydrogen-bond donors (Lipinski definition) is 1. The summed E-state index contributed by atoms with van der Waals surface area (Å²) in [7, 11) is 0. The third-order valence-electron chi connectivity index (χ3n) is 6.72. The predicted octanol–water partition coefficient (Wildman–Crippen LogP) is 4.01. The van der Waals surface area contributed by atoms with Gasteiger partial charge < -0.3 is 10.5 Å². The van der Waals surface area contributed by atoms with E-state index in [0.29, 0.717) is 28.4 Å². The van der Waals surface area contributed by atoms with Gasteiger partial charge in [-0.1, -0.05) is 51.1 Å². The molecule has 4 atom stereocenters. The van der Waals surface area contributed by atoms with E-state index in [-0.39, 0.29) is 5.97 Å². The van der Waals surface area contributed by atoms with Crippen molar-refractivity contribution >= 4 is 17.7 Å². The summed E-state index contributed by atoms with van der Waals surface area (Å²) >= 11 is 1.88. The van der Waals surface area contributed by atoms with E-state index in [4.69, 9.17) is 10.5 Å². The van der Waals surface area contributed by atoms with E-state index >= 15 is 0 Å². The molecule has 0 amide bonds. The molecule has 0 spiro atoms. The standard InChI is InChI=1S/C20H29NO2S/c1-19(2)15-9-10-20(19,3)17(11-15)24-13-16(21)18(22)23-12-14-7-5-4-6-8-14/h4-8,15-17H,9-13,21H2,1-3H3/t15?,16-,17?,20?/m0/s1. The molecular weight excluding hydrogens is 318 g/mol. The summed E-state index contributed by atoms with van der Waals surface area (Å²) in [5, 5.41) is 0.610. The number of esters is 1. The van der Waals surface area contributed by atoms with Crippen LogP contribution in [0.2, 0.25) is 0 Å². The molecule has 4 heteroatoms. The molecule has 0 radical (unpaired) electrons. The number of carbonyl (C=O) groups is 1. The number of ether oxygens (including phenoxy) is 1. The fourth-order valence-electron chi connectivity index (χ4n) is 4.51. The molecule has 2 N–H and O–H groups in total. The zero-order valence-electron chi connectivity index (χ0n) is 15.0. The third kappa shape index (κ3) is 3.11. The summed E-state index contributed by atoms with van der Waals surface area (Å²) < 4.78 is 5.36. The highest BCUT2D eigenvalue weighted by Crippen LogP contribution is 2.68. The second kappa shape index (κ2) is 6.72. The van der Waals surface area contributed by atoms with Gasteiger partial charge in [0, 0.05) is 11.0 Å². The Morgan fingerprint density at radius 2 is 2.04 bits per heavy atom. The van der Waals surface area contributed by atoms with Crippen LogP contribution in [-0.4, -0.2) is 23.0 Å². The van der Waals surface area contributed by atoms with Gasteiger partial charge in [0.25, 0.3) is 0 Å². The number of rotatable bonds is 6. The molecule has 2 aliphatic rings. The Bertz CT molecular complexity index is 589. The minimum Gasteiger partial charge on any atom is -0.460 e. The van der Waals surface area contributed by atoms with Gasteiger partial charge in [-0.25, -0.2) is 0 Å². The van der Waals surface area contributed by atoms with Gasteiger partial charge in [0.05, 0.1) is 0 Å². The highest BCUT2D eigenvalue weighted by atomic mass is 32.2. The van der Waals surface area contributed by atoms with Gasteiger partial charge in [0.2, 0.25) is 0 Å². The predicted molar refractivity (Wildman–Crippen MR) is 99.7 cm³/mol. The van der Waals surface area contributed by atoms with Crippen molar-refractivity contribution in [3.05, 3.63) is 35.9 Å². The minimum absolute atomic E-state index is 0.293. The average Bonchev–Trinajstić information content (AvgIpc) is 2.91. The third-order valence-corrected chi connectivity index (χ3v) is 8.38. The van der Waals surface area contributed by atoms with Crippen LogP contribution in [0.1, 0.15) is 45.6 Å². The average molecular weight is 348 g/mol. The first-order chi connectivity index (χ1) is 11.3. The zero-order valence-corrected chi connectivity index (χ0v) is 15.8. The number of fused-ring (bicyclic) bond motifs is 2. The van der Waals surface area contributed by atoms with Crippen molar-refractivity contribution in [2.45, 2.75) is 57.9 Å². The van der Waals surface area contributed by atoms with Gasteiger partial charge in [-0.05, 0) is 41.6 Å². The first-order valence-corrected chi connectivity index (χ1v) is 9.97. The van der Waals surface area contributed by atoms with Gasteiger partial charge in [-0.2, -0.15) is 11.8 Å². The Kier molecular flexibility index (Phi) is 4.99. The summed E-state index contributed by atoms with van der Waals surface area (Å²) in [6, 6.07) is 9.19. The van der Waals surface area contributed by atoms with Crippen molar-refractivity contribution in [1.29, 1.82) is 0 Å². The van der Waals surface area contributed by atoms with E-state index in [1.54, 1.807) is 0 Å². The van der Waals surface area contributed by atoms with Gasteiger partial charge in [-0.3, -0.25) is 4.79 Å². The molecule has 2 bridgehead atoms. The van der Waals surface area contributed by atoms with Crippen molar-refractivity contribution in [3.8, 4) is 0 Å². The molecule has 2 aliphatic carbocycles. The minimum atomic E-state index is -0.537. The Hall–Kier alpha value is -1.00. The SMILES string of the molecule is CC1(C)C2CCC1(C)C(SC[C@H](N)C(=O)OCc1ccccc1)C2. The summed E-state index contributed by atoms with van der Waals surface area (Å²) in [5.74, 6) is 1.18. The van der Waals surface area contributed by atoms with Crippen molar-refractivity contribution < 1.29 is 9.53 Å². The molecule has 1 aromatic rings. The zero-order chi connectivity index (χ0) is 17.4. The number of hydrogen-bond acceptors (Lipinski definition) is 4. The molecule has 3 rings (SSSR count). The van der Waals surface area contributed by atoms with Gasteiger partial charge in [0.1, 0.15) is 12.6 Å². The molecule has 0 aliphatic heterocycles. The normalized spacial score (nSPS) is 31.8. The molecule has 132 valence electrons. The largest absolute Gasteiger partial charge is 0.460 e. The van der Waals surface area contributed by atoms with Crippen LogP contribution >= 0.6 is 11.8 Å². The first-order valence-electron chi connectivity index (χ1n) is 8.92. The van der Waals surface area contributed by atoms with E-state index in [1.165, 1.54) is 19.3 Å². The van der Waals surface area contributed by atoms with E-state index in [1.807, 2.05) is 42.1 Å². The molecule has 2 fully saturated rings. The van der Waals surface area contributed by atoms with Crippen LogP contribution in [0, 0.1) is 16.7 Å². The number of carbonyl (C=O) groups excluding carboxylic acids is 1. The maximum Gasteiger partial charge on any atom is 0.324 e. The molecule has 3 nitrogen and oxygen atoms in total. The van der Waals surface area contributed by atoms with Crippen LogP contribution < -0.4 is 5.73 Å². The highest BCUT2D eigenvalue weighted by Gasteiger charge is 2.61. The smallest absolute Gasteiger partial charge is 0.324 e. The van der Waals surface area contributed by atoms with Gasteiger partial charge in [0.15, 0.2) is 0 Å². The Balaban J connectivity index is 1.47. The van der Waals surface area contributed by atoms with Gasteiger partial charge in [-0.15, -0.1) is 0 Å². The first kappa shape index (κ1) is 17.8.